The summed E-state index contributed by atoms with van der Waals surface area (Å²) in [6.07, 6.45) is 7.09. The molecule has 0 aliphatic heterocycles. The average molecular weight is 286 g/mol. The van der Waals surface area contributed by atoms with Crippen molar-refractivity contribution in [3.63, 3.8) is 0 Å². The van der Waals surface area contributed by atoms with E-state index < -0.39 is 0 Å². The molecular formula is C18H22O3. The molecule has 1 N–H and O–H groups in total. The van der Waals surface area contributed by atoms with Crippen molar-refractivity contribution < 1.29 is 14.6 Å². The second-order valence-electron chi connectivity index (χ2n) is 4.72. The zero-order valence-corrected chi connectivity index (χ0v) is 12.3. The number of rotatable bonds is 9. The van der Waals surface area contributed by atoms with E-state index in [2.05, 4.69) is 19.7 Å². The minimum atomic E-state index is -0.251. The number of carbonyl (C=O) groups is 1. The molecule has 0 aromatic heterocycles. The number of benzene rings is 1. The second kappa shape index (κ2) is 8.80. The summed E-state index contributed by atoms with van der Waals surface area (Å²) in [6, 6.07) is 3.81. The highest BCUT2D eigenvalue weighted by molar-refractivity contribution is 5.69. The molecule has 0 amide bonds. The van der Waals surface area contributed by atoms with Crippen molar-refractivity contribution in [1.82, 2.24) is 0 Å². The number of hydrogen-bond acceptors (Lipinski definition) is 3. The van der Waals surface area contributed by atoms with Crippen LogP contribution < -0.4 is 0 Å². The third-order valence-electron chi connectivity index (χ3n) is 3.04. The number of carbonyl (C=O) groups excluding carboxylic acids is 1. The van der Waals surface area contributed by atoms with Crippen LogP contribution in [-0.2, 0) is 28.8 Å². The molecule has 3 heteroatoms. The molecular weight excluding hydrogens is 264 g/mol. The van der Waals surface area contributed by atoms with Gasteiger partial charge in [-0.05, 0) is 36.0 Å². The number of allylic oxidation sites excluding steroid dienone is 2. The smallest absolute Gasteiger partial charge is 0.306 e. The van der Waals surface area contributed by atoms with Gasteiger partial charge in [0.15, 0.2) is 0 Å². The fourth-order valence-corrected chi connectivity index (χ4v) is 2.07. The highest BCUT2D eigenvalue weighted by Gasteiger charge is 2.10. The standard InChI is InChI=1S/C18H22O3/c1-4-7-15-12-14(9-10-17(19)21-11-6-3)13-16(8-5-2)18(15)20/h4-6,12-13,20H,1-3,7-11H2. The zero-order chi connectivity index (χ0) is 15.7. The van der Waals surface area contributed by atoms with Crippen LogP contribution in [0.5, 0.6) is 5.75 Å². The fourth-order valence-electron chi connectivity index (χ4n) is 2.07. The summed E-state index contributed by atoms with van der Waals surface area (Å²) in [5, 5.41) is 10.2. The molecule has 0 bridgehead atoms. The van der Waals surface area contributed by atoms with E-state index in [0.717, 1.165) is 16.7 Å². The summed E-state index contributed by atoms with van der Waals surface area (Å²) in [4.78, 5) is 11.5. The van der Waals surface area contributed by atoms with Crippen molar-refractivity contribution in [3.05, 3.63) is 66.8 Å². The van der Waals surface area contributed by atoms with Crippen LogP contribution in [0.2, 0.25) is 0 Å². The lowest BCUT2D eigenvalue weighted by atomic mass is 9.97. The number of aromatic hydroxyl groups is 1. The maximum absolute atomic E-state index is 11.5. The molecule has 3 nitrogen and oxygen atoms in total. The van der Waals surface area contributed by atoms with Crippen LogP contribution in [0, 0.1) is 0 Å². The third-order valence-corrected chi connectivity index (χ3v) is 3.04. The van der Waals surface area contributed by atoms with Crippen molar-refractivity contribution in [2.45, 2.75) is 25.7 Å². The van der Waals surface area contributed by atoms with E-state index in [1.165, 1.54) is 0 Å². The minimum absolute atomic E-state index is 0.234. The average Bonchev–Trinajstić information content (AvgIpc) is 2.47. The van der Waals surface area contributed by atoms with Gasteiger partial charge in [-0.25, -0.2) is 0 Å². The Morgan fingerprint density at radius 3 is 2.14 bits per heavy atom. The molecule has 21 heavy (non-hydrogen) atoms. The van der Waals surface area contributed by atoms with Gasteiger partial charge in [0.2, 0.25) is 0 Å². The Labute approximate surface area is 126 Å². The molecule has 1 rings (SSSR count). The largest absolute Gasteiger partial charge is 0.507 e. The molecule has 1 aromatic carbocycles. The van der Waals surface area contributed by atoms with Gasteiger partial charge >= 0.3 is 5.97 Å². The van der Waals surface area contributed by atoms with Crippen LogP contribution in [-0.4, -0.2) is 17.7 Å². The Bertz CT molecular complexity index is 498. The summed E-state index contributed by atoms with van der Waals surface area (Å²) in [5.41, 5.74) is 2.63. The second-order valence-corrected chi connectivity index (χ2v) is 4.72. The Kier molecular flexibility index (Phi) is 7.02. The summed E-state index contributed by atoms with van der Waals surface area (Å²) in [5.74, 6) is 0.0336. The molecule has 0 saturated heterocycles. The van der Waals surface area contributed by atoms with Crippen LogP contribution in [0.1, 0.15) is 23.1 Å². The van der Waals surface area contributed by atoms with Gasteiger partial charge in [0.05, 0.1) is 0 Å². The van der Waals surface area contributed by atoms with Gasteiger partial charge in [-0.3, -0.25) is 4.79 Å². The zero-order valence-electron chi connectivity index (χ0n) is 12.3. The molecule has 0 saturated carbocycles. The lowest BCUT2D eigenvalue weighted by Gasteiger charge is -2.11. The van der Waals surface area contributed by atoms with E-state index in [-0.39, 0.29) is 18.3 Å². The molecule has 0 unspecified atom stereocenters. The van der Waals surface area contributed by atoms with Crippen LogP contribution in [0.4, 0.5) is 0 Å². The van der Waals surface area contributed by atoms with E-state index in [9.17, 15) is 9.90 Å². The Morgan fingerprint density at radius 1 is 1.10 bits per heavy atom. The monoisotopic (exact) mass is 286 g/mol. The number of esters is 1. The number of ether oxygens (including phenoxy) is 1. The van der Waals surface area contributed by atoms with Crippen molar-refractivity contribution in [2.24, 2.45) is 0 Å². The summed E-state index contributed by atoms with van der Waals surface area (Å²) in [7, 11) is 0. The third kappa shape index (κ3) is 5.30. The SMILES string of the molecule is C=CCOC(=O)CCc1cc(CC=C)c(O)c(CC=C)c1. The topological polar surface area (TPSA) is 46.5 Å². The van der Waals surface area contributed by atoms with E-state index >= 15 is 0 Å². The van der Waals surface area contributed by atoms with Gasteiger partial charge in [0.1, 0.15) is 12.4 Å². The first-order valence-electron chi connectivity index (χ1n) is 6.94. The van der Waals surface area contributed by atoms with E-state index in [0.29, 0.717) is 25.7 Å². The van der Waals surface area contributed by atoms with E-state index in [4.69, 9.17) is 4.74 Å². The predicted octanol–water partition coefficient (Wildman–Crippen LogP) is 3.51. The van der Waals surface area contributed by atoms with Crippen LogP contribution in [0.25, 0.3) is 0 Å². The quantitative estimate of drug-likeness (QED) is 0.558. The van der Waals surface area contributed by atoms with Crippen LogP contribution in [0.15, 0.2) is 50.1 Å². The van der Waals surface area contributed by atoms with Crippen LogP contribution >= 0.6 is 0 Å². The maximum Gasteiger partial charge on any atom is 0.306 e. The molecule has 0 spiro atoms. The van der Waals surface area contributed by atoms with Gasteiger partial charge in [-0.15, -0.1) is 13.2 Å². The van der Waals surface area contributed by atoms with Crippen molar-refractivity contribution >= 4 is 5.97 Å². The van der Waals surface area contributed by atoms with Gasteiger partial charge in [-0.2, -0.15) is 0 Å². The molecule has 0 atom stereocenters. The molecule has 1 aromatic rings. The molecule has 0 aliphatic rings. The first-order valence-corrected chi connectivity index (χ1v) is 6.94. The Balaban J connectivity index is 2.85. The summed E-state index contributed by atoms with van der Waals surface area (Å²) in [6.45, 7) is 11.1. The number of hydrogen-bond donors (Lipinski definition) is 1. The van der Waals surface area contributed by atoms with E-state index in [1.807, 2.05) is 12.1 Å². The number of phenolic OH excluding ortho intramolecular Hbond substituents is 1. The number of aryl methyl sites for hydroxylation is 1. The highest BCUT2D eigenvalue weighted by atomic mass is 16.5. The maximum atomic E-state index is 11.5. The van der Waals surface area contributed by atoms with Gasteiger partial charge in [-0.1, -0.05) is 36.9 Å². The first-order chi connectivity index (χ1) is 10.1. The first kappa shape index (κ1) is 16.8. The van der Waals surface area contributed by atoms with Crippen molar-refractivity contribution in [1.29, 1.82) is 0 Å². The van der Waals surface area contributed by atoms with Gasteiger partial charge in [0.25, 0.3) is 0 Å². The summed E-state index contributed by atoms with van der Waals surface area (Å²) >= 11 is 0. The lowest BCUT2D eigenvalue weighted by molar-refractivity contribution is -0.142. The van der Waals surface area contributed by atoms with Gasteiger partial charge in [0, 0.05) is 6.42 Å². The fraction of sp³-hybridized carbons (Fsp3) is 0.278. The molecule has 112 valence electrons. The van der Waals surface area contributed by atoms with Gasteiger partial charge < -0.3 is 9.84 Å². The lowest BCUT2D eigenvalue weighted by Crippen LogP contribution is -2.06. The number of phenols is 1. The van der Waals surface area contributed by atoms with E-state index in [1.54, 1.807) is 18.2 Å². The molecule has 0 heterocycles. The van der Waals surface area contributed by atoms with Crippen LogP contribution in [0.3, 0.4) is 0 Å². The molecule has 0 fully saturated rings. The highest BCUT2D eigenvalue weighted by Crippen LogP contribution is 2.27. The molecule has 0 radical (unpaired) electrons. The normalized spacial score (nSPS) is 9.90. The molecule has 0 aliphatic carbocycles. The van der Waals surface area contributed by atoms with Crippen molar-refractivity contribution in [2.75, 3.05) is 6.61 Å². The Morgan fingerprint density at radius 2 is 1.67 bits per heavy atom. The minimum Gasteiger partial charge on any atom is -0.507 e. The Hall–Kier alpha value is -2.29. The van der Waals surface area contributed by atoms with Crippen molar-refractivity contribution in [3.8, 4) is 5.75 Å². The predicted molar refractivity (Wildman–Crippen MR) is 85.4 cm³/mol. The summed E-state index contributed by atoms with van der Waals surface area (Å²) < 4.78 is 4.95.